The number of hydrogen-bond acceptors (Lipinski definition) is 0. The van der Waals surface area contributed by atoms with Gasteiger partial charge in [0.1, 0.15) is 0 Å². The highest BCUT2D eigenvalue weighted by molar-refractivity contribution is 5.45. The van der Waals surface area contributed by atoms with Gasteiger partial charge in [0, 0.05) is 0 Å². The molecule has 0 aromatic heterocycles. The van der Waals surface area contributed by atoms with Gasteiger partial charge in [0.2, 0.25) is 0 Å². The molecule has 0 amide bonds. The van der Waals surface area contributed by atoms with Gasteiger partial charge in [-0.25, -0.2) is 0 Å². The van der Waals surface area contributed by atoms with Crippen molar-refractivity contribution in [1.29, 1.82) is 0 Å². The lowest BCUT2D eigenvalue weighted by molar-refractivity contribution is 0.488. The highest BCUT2D eigenvalue weighted by atomic mass is 14.3. The largest absolute Gasteiger partial charge is 0.0648 e. The van der Waals surface area contributed by atoms with E-state index in [2.05, 4.69) is 39.8 Å². The fourth-order valence-corrected chi connectivity index (χ4v) is 3.20. The van der Waals surface area contributed by atoms with Crippen molar-refractivity contribution in [2.45, 2.75) is 58.8 Å². The molecule has 0 aliphatic heterocycles. The summed E-state index contributed by atoms with van der Waals surface area (Å²) in [5.41, 5.74) is 6.35. The molecule has 0 N–H and O–H groups in total. The van der Waals surface area contributed by atoms with Crippen LogP contribution in [0.1, 0.15) is 67.2 Å². The molecule has 0 bridgehead atoms. The van der Waals surface area contributed by atoms with Crippen molar-refractivity contribution in [2.24, 2.45) is 0 Å². The SMILES string of the molecule is CCC1CCC(C)c2c(C)ccc(C)c21. The van der Waals surface area contributed by atoms with E-state index in [0.29, 0.717) is 0 Å². The average molecular weight is 202 g/mol. The molecule has 0 saturated carbocycles. The Morgan fingerprint density at radius 1 is 1.07 bits per heavy atom. The molecule has 0 fully saturated rings. The van der Waals surface area contributed by atoms with Crippen LogP contribution >= 0.6 is 0 Å². The topological polar surface area (TPSA) is 0 Å². The molecule has 1 aliphatic rings. The summed E-state index contributed by atoms with van der Waals surface area (Å²) in [7, 11) is 0. The van der Waals surface area contributed by atoms with Crippen molar-refractivity contribution in [2.75, 3.05) is 0 Å². The van der Waals surface area contributed by atoms with Gasteiger partial charge in [-0.05, 0) is 67.2 Å². The first kappa shape index (κ1) is 10.7. The molecule has 15 heavy (non-hydrogen) atoms. The van der Waals surface area contributed by atoms with E-state index in [1.54, 1.807) is 11.1 Å². The Balaban J connectivity index is 2.60. The van der Waals surface area contributed by atoms with E-state index in [1.165, 1.54) is 30.4 Å². The third kappa shape index (κ3) is 1.71. The minimum atomic E-state index is 0.766. The summed E-state index contributed by atoms with van der Waals surface area (Å²) in [6.45, 7) is 9.26. The molecule has 0 heteroatoms. The molecule has 1 aliphatic carbocycles. The standard InChI is InChI=1S/C15H22/c1-5-13-9-8-11(3)14-10(2)6-7-12(4)15(13)14/h6-7,11,13H,5,8-9H2,1-4H3. The zero-order valence-corrected chi connectivity index (χ0v) is 10.4. The predicted octanol–water partition coefficient (Wildman–Crippen LogP) is 4.69. The molecule has 1 aromatic rings. The highest BCUT2D eigenvalue weighted by Gasteiger charge is 2.26. The van der Waals surface area contributed by atoms with Crippen molar-refractivity contribution in [3.05, 3.63) is 34.4 Å². The molecule has 0 radical (unpaired) electrons. The van der Waals surface area contributed by atoms with Gasteiger partial charge in [-0.2, -0.15) is 0 Å². The third-order valence-corrected chi connectivity index (χ3v) is 4.07. The lowest BCUT2D eigenvalue weighted by Gasteiger charge is -2.32. The van der Waals surface area contributed by atoms with Crippen LogP contribution in [0.15, 0.2) is 12.1 Å². The molecule has 82 valence electrons. The van der Waals surface area contributed by atoms with Gasteiger partial charge < -0.3 is 0 Å². The first-order valence-electron chi connectivity index (χ1n) is 6.25. The van der Waals surface area contributed by atoms with Gasteiger partial charge >= 0.3 is 0 Å². The summed E-state index contributed by atoms with van der Waals surface area (Å²) < 4.78 is 0. The van der Waals surface area contributed by atoms with Crippen LogP contribution in [0.3, 0.4) is 0 Å². The van der Waals surface area contributed by atoms with Crippen LogP contribution < -0.4 is 0 Å². The average Bonchev–Trinajstić information content (AvgIpc) is 2.23. The maximum absolute atomic E-state index is 2.39. The summed E-state index contributed by atoms with van der Waals surface area (Å²) in [5.74, 6) is 1.58. The van der Waals surface area contributed by atoms with Crippen molar-refractivity contribution in [1.82, 2.24) is 0 Å². The van der Waals surface area contributed by atoms with Crippen molar-refractivity contribution in [3.63, 3.8) is 0 Å². The maximum atomic E-state index is 2.39. The Hall–Kier alpha value is -0.780. The molecular weight excluding hydrogens is 180 g/mol. The number of aryl methyl sites for hydroxylation is 2. The molecule has 0 spiro atoms. The molecule has 2 unspecified atom stereocenters. The van der Waals surface area contributed by atoms with Crippen molar-refractivity contribution >= 4 is 0 Å². The van der Waals surface area contributed by atoms with E-state index in [9.17, 15) is 0 Å². The molecule has 0 heterocycles. The van der Waals surface area contributed by atoms with Gasteiger partial charge in [0.15, 0.2) is 0 Å². The van der Waals surface area contributed by atoms with E-state index in [0.717, 1.165) is 11.8 Å². The minimum absolute atomic E-state index is 0.766. The minimum Gasteiger partial charge on any atom is -0.0648 e. The lowest BCUT2D eigenvalue weighted by Crippen LogP contribution is -2.15. The van der Waals surface area contributed by atoms with Crippen LogP contribution in [0.2, 0.25) is 0 Å². The third-order valence-electron chi connectivity index (χ3n) is 4.07. The zero-order valence-electron chi connectivity index (χ0n) is 10.4. The summed E-state index contributed by atoms with van der Waals surface area (Å²) in [5, 5.41) is 0. The van der Waals surface area contributed by atoms with E-state index in [-0.39, 0.29) is 0 Å². The van der Waals surface area contributed by atoms with Gasteiger partial charge in [-0.1, -0.05) is 26.0 Å². The van der Waals surface area contributed by atoms with Gasteiger partial charge in [0.25, 0.3) is 0 Å². The first-order valence-corrected chi connectivity index (χ1v) is 6.25. The number of rotatable bonds is 1. The Labute approximate surface area is 93.7 Å². The van der Waals surface area contributed by atoms with Crippen LogP contribution in [0.4, 0.5) is 0 Å². The quantitative estimate of drug-likeness (QED) is 0.619. The Morgan fingerprint density at radius 3 is 2.27 bits per heavy atom. The van der Waals surface area contributed by atoms with E-state index < -0.39 is 0 Å². The predicted molar refractivity (Wildman–Crippen MR) is 66.6 cm³/mol. The molecular formula is C15H22. The molecule has 1 aromatic carbocycles. The van der Waals surface area contributed by atoms with Gasteiger partial charge in [-0.3, -0.25) is 0 Å². The summed E-state index contributed by atoms with van der Waals surface area (Å²) in [4.78, 5) is 0. The highest BCUT2D eigenvalue weighted by Crippen LogP contribution is 2.43. The van der Waals surface area contributed by atoms with Crippen LogP contribution in [0.25, 0.3) is 0 Å². The van der Waals surface area contributed by atoms with Crippen LogP contribution in [0.5, 0.6) is 0 Å². The second-order valence-electron chi connectivity index (χ2n) is 5.11. The molecule has 0 saturated heterocycles. The van der Waals surface area contributed by atoms with E-state index in [4.69, 9.17) is 0 Å². The number of hydrogen-bond donors (Lipinski definition) is 0. The van der Waals surface area contributed by atoms with Crippen molar-refractivity contribution in [3.8, 4) is 0 Å². The Kier molecular flexibility index (Phi) is 2.86. The molecule has 2 rings (SSSR count). The zero-order chi connectivity index (χ0) is 11.0. The second-order valence-corrected chi connectivity index (χ2v) is 5.11. The molecule has 0 nitrogen and oxygen atoms in total. The van der Waals surface area contributed by atoms with Crippen molar-refractivity contribution < 1.29 is 0 Å². The fourth-order valence-electron chi connectivity index (χ4n) is 3.20. The van der Waals surface area contributed by atoms with Gasteiger partial charge in [0.05, 0.1) is 0 Å². The van der Waals surface area contributed by atoms with E-state index in [1.807, 2.05) is 0 Å². The monoisotopic (exact) mass is 202 g/mol. The number of benzene rings is 1. The van der Waals surface area contributed by atoms with Crippen LogP contribution in [-0.2, 0) is 0 Å². The van der Waals surface area contributed by atoms with Crippen LogP contribution in [-0.4, -0.2) is 0 Å². The van der Waals surface area contributed by atoms with Gasteiger partial charge in [-0.15, -0.1) is 0 Å². The lowest BCUT2D eigenvalue weighted by atomic mass is 9.73. The van der Waals surface area contributed by atoms with Crippen LogP contribution in [0, 0.1) is 13.8 Å². The second kappa shape index (κ2) is 4.00. The summed E-state index contributed by atoms with van der Waals surface area (Å²) in [6, 6.07) is 4.59. The van der Waals surface area contributed by atoms with E-state index >= 15 is 0 Å². The smallest absolute Gasteiger partial charge is 0.0159 e. The Morgan fingerprint density at radius 2 is 1.67 bits per heavy atom. The fraction of sp³-hybridized carbons (Fsp3) is 0.600. The first-order chi connectivity index (χ1) is 7.15. The summed E-state index contributed by atoms with van der Waals surface area (Å²) >= 11 is 0. The normalized spacial score (nSPS) is 25.1. The molecule has 2 atom stereocenters. The summed E-state index contributed by atoms with van der Waals surface area (Å²) in [6.07, 6.45) is 4.05. The Bertz CT molecular complexity index is 363. The number of fused-ring (bicyclic) bond motifs is 1. The maximum Gasteiger partial charge on any atom is -0.0159 e.